The third kappa shape index (κ3) is 6.81. The third-order valence-corrected chi connectivity index (χ3v) is 7.17. The summed E-state index contributed by atoms with van der Waals surface area (Å²) in [5, 5.41) is 16.1. The number of aromatic nitrogens is 3. The average molecular weight is 549 g/mol. The average Bonchev–Trinajstić information content (AvgIpc) is 3.23. The summed E-state index contributed by atoms with van der Waals surface area (Å²) in [7, 11) is 0. The molecule has 0 aliphatic carbocycles. The minimum absolute atomic E-state index is 0.0307. The zero-order valence-corrected chi connectivity index (χ0v) is 23.3. The monoisotopic (exact) mass is 547 g/mol. The molecule has 7 nitrogen and oxygen atoms in total. The van der Waals surface area contributed by atoms with E-state index in [1.807, 2.05) is 49.6 Å². The van der Waals surface area contributed by atoms with Crippen molar-refractivity contribution in [2.75, 3.05) is 11.1 Å². The molecular formula is C26H31Cl2N5O2S. The second kappa shape index (κ2) is 12.6. The van der Waals surface area contributed by atoms with E-state index in [9.17, 15) is 9.59 Å². The van der Waals surface area contributed by atoms with Crippen LogP contribution in [0.4, 0.5) is 5.69 Å². The number of nitrogens with one attached hydrogen (secondary N) is 2. The zero-order chi connectivity index (χ0) is 26.4. The molecule has 36 heavy (non-hydrogen) atoms. The van der Waals surface area contributed by atoms with Crippen molar-refractivity contribution >= 4 is 52.5 Å². The second-order valence-electron chi connectivity index (χ2n) is 8.98. The maximum atomic E-state index is 13.0. The van der Waals surface area contributed by atoms with Crippen molar-refractivity contribution in [2.45, 2.75) is 58.3 Å². The summed E-state index contributed by atoms with van der Waals surface area (Å²) in [6, 6.07) is 12.2. The van der Waals surface area contributed by atoms with Crippen LogP contribution in [-0.2, 0) is 11.3 Å². The van der Waals surface area contributed by atoms with Crippen molar-refractivity contribution in [3.63, 3.8) is 0 Å². The van der Waals surface area contributed by atoms with Crippen LogP contribution in [0.2, 0.25) is 10.0 Å². The number of para-hydroxylation sites is 1. The van der Waals surface area contributed by atoms with Crippen molar-refractivity contribution in [1.82, 2.24) is 20.1 Å². The molecule has 0 fully saturated rings. The maximum absolute atomic E-state index is 13.0. The van der Waals surface area contributed by atoms with E-state index in [0.29, 0.717) is 34.0 Å². The summed E-state index contributed by atoms with van der Waals surface area (Å²) < 4.78 is 1.93. The first-order valence-electron chi connectivity index (χ1n) is 11.8. The Balaban J connectivity index is 1.74. The Labute approximate surface area is 226 Å². The Morgan fingerprint density at radius 1 is 1.06 bits per heavy atom. The van der Waals surface area contributed by atoms with Gasteiger partial charge in [0.05, 0.1) is 22.4 Å². The van der Waals surface area contributed by atoms with Crippen LogP contribution < -0.4 is 10.6 Å². The number of halogens is 2. The van der Waals surface area contributed by atoms with Gasteiger partial charge in [-0.05, 0) is 48.6 Å². The molecule has 2 aromatic carbocycles. The Hall–Kier alpha value is -2.55. The predicted octanol–water partition coefficient (Wildman–Crippen LogP) is 6.59. The molecule has 0 bridgehead atoms. The largest absolute Gasteiger partial charge is 0.342 e. The van der Waals surface area contributed by atoms with E-state index in [-0.39, 0.29) is 28.5 Å². The van der Waals surface area contributed by atoms with Gasteiger partial charge in [0, 0.05) is 17.3 Å². The molecule has 0 spiro atoms. The van der Waals surface area contributed by atoms with Crippen molar-refractivity contribution in [3.8, 4) is 0 Å². The number of anilines is 1. The molecule has 10 heteroatoms. The Morgan fingerprint density at radius 2 is 1.78 bits per heavy atom. The lowest BCUT2D eigenvalue weighted by molar-refractivity contribution is -0.113. The van der Waals surface area contributed by atoms with Gasteiger partial charge in [-0.1, -0.05) is 80.9 Å². The summed E-state index contributed by atoms with van der Waals surface area (Å²) in [4.78, 5) is 25.7. The molecule has 1 heterocycles. The van der Waals surface area contributed by atoms with Crippen LogP contribution in [0.15, 0.2) is 47.6 Å². The van der Waals surface area contributed by atoms with Crippen LogP contribution in [-0.4, -0.2) is 32.3 Å². The first kappa shape index (κ1) is 28.0. The van der Waals surface area contributed by atoms with Crippen molar-refractivity contribution in [2.24, 2.45) is 5.92 Å². The number of carbonyl (C=O) groups excluding carboxylic acids is 2. The lowest BCUT2D eigenvalue weighted by Gasteiger charge is -2.23. The van der Waals surface area contributed by atoms with Gasteiger partial charge in [-0.15, -0.1) is 10.2 Å². The van der Waals surface area contributed by atoms with E-state index < -0.39 is 6.04 Å². The highest BCUT2D eigenvalue weighted by Crippen LogP contribution is 2.28. The molecule has 2 amide bonds. The molecule has 0 radical (unpaired) electrons. The summed E-state index contributed by atoms with van der Waals surface area (Å²) in [5.41, 5.74) is 2.24. The Kier molecular flexibility index (Phi) is 9.82. The van der Waals surface area contributed by atoms with Gasteiger partial charge in [0.15, 0.2) is 11.0 Å². The lowest BCUT2D eigenvalue weighted by atomic mass is 10.0. The fraction of sp³-hybridized carbons (Fsp3) is 0.385. The molecule has 0 saturated heterocycles. The smallest absolute Gasteiger partial charge is 0.253 e. The van der Waals surface area contributed by atoms with Gasteiger partial charge in [0.1, 0.15) is 0 Å². The zero-order valence-electron chi connectivity index (χ0n) is 21.0. The highest BCUT2D eigenvalue weighted by molar-refractivity contribution is 7.99. The second-order valence-corrected chi connectivity index (χ2v) is 10.8. The lowest BCUT2D eigenvalue weighted by Crippen LogP contribution is -2.34. The summed E-state index contributed by atoms with van der Waals surface area (Å²) in [6.45, 7) is 10.7. The van der Waals surface area contributed by atoms with Crippen LogP contribution in [0.25, 0.3) is 0 Å². The number of hydrogen-bond acceptors (Lipinski definition) is 5. The fourth-order valence-corrected chi connectivity index (χ4v) is 5.09. The van der Waals surface area contributed by atoms with Crippen LogP contribution in [0.5, 0.6) is 0 Å². The number of hydrogen-bond donors (Lipinski definition) is 2. The number of amides is 2. The topological polar surface area (TPSA) is 88.9 Å². The first-order chi connectivity index (χ1) is 17.1. The Bertz CT molecular complexity index is 1230. The van der Waals surface area contributed by atoms with Gasteiger partial charge in [-0.25, -0.2) is 0 Å². The molecule has 0 aliphatic heterocycles. The highest BCUT2D eigenvalue weighted by atomic mass is 35.5. The summed E-state index contributed by atoms with van der Waals surface area (Å²) in [5.74, 6) is 0.696. The number of benzene rings is 2. The highest BCUT2D eigenvalue weighted by Gasteiger charge is 2.27. The predicted molar refractivity (Wildman–Crippen MR) is 147 cm³/mol. The van der Waals surface area contributed by atoms with E-state index in [4.69, 9.17) is 23.2 Å². The van der Waals surface area contributed by atoms with Gasteiger partial charge < -0.3 is 15.2 Å². The standard InChI is InChI=1S/C26H31Cl2N5O2S/c1-6-33-24(23(16(4)5)30-25(35)19-12-11-17(27)13-20(19)28)31-32-26(33)36-14-22(34)29-21-10-8-7-9-18(21)15(2)3/h7-13,15-16,23H,6,14H2,1-5H3,(H,29,34)(H,30,35)/t23-/m0/s1. The molecule has 0 aliphatic rings. The first-order valence-corrected chi connectivity index (χ1v) is 13.6. The van der Waals surface area contributed by atoms with Crippen molar-refractivity contribution in [3.05, 3.63) is 69.5 Å². The summed E-state index contributed by atoms with van der Waals surface area (Å²) >= 11 is 13.5. The van der Waals surface area contributed by atoms with Gasteiger partial charge >= 0.3 is 0 Å². The number of rotatable bonds is 10. The molecule has 192 valence electrons. The van der Waals surface area contributed by atoms with E-state index >= 15 is 0 Å². The van der Waals surface area contributed by atoms with E-state index in [1.165, 1.54) is 17.8 Å². The molecule has 3 aromatic rings. The van der Waals surface area contributed by atoms with Gasteiger partial charge in [0.2, 0.25) is 5.91 Å². The fourth-order valence-electron chi connectivity index (χ4n) is 3.79. The van der Waals surface area contributed by atoms with Gasteiger partial charge in [-0.3, -0.25) is 9.59 Å². The van der Waals surface area contributed by atoms with E-state index in [1.54, 1.807) is 12.1 Å². The van der Waals surface area contributed by atoms with Crippen LogP contribution in [0, 0.1) is 5.92 Å². The van der Waals surface area contributed by atoms with Crippen LogP contribution in [0.1, 0.15) is 68.3 Å². The number of nitrogens with zero attached hydrogens (tertiary/aromatic N) is 3. The Morgan fingerprint density at radius 3 is 2.42 bits per heavy atom. The maximum Gasteiger partial charge on any atom is 0.253 e. The van der Waals surface area contributed by atoms with Crippen molar-refractivity contribution < 1.29 is 9.59 Å². The normalized spacial score (nSPS) is 12.1. The number of carbonyl (C=O) groups is 2. The molecule has 1 aromatic heterocycles. The molecular weight excluding hydrogens is 517 g/mol. The number of thioether (sulfide) groups is 1. The van der Waals surface area contributed by atoms with Gasteiger partial charge in [-0.2, -0.15) is 0 Å². The van der Waals surface area contributed by atoms with E-state index in [2.05, 4.69) is 34.7 Å². The van der Waals surface area contributed by atoms with E-state index in [0.717, 1.165) is 11.3 Å². The molecule has 1 atom stereocenters. The molecule has 3 rings (SSSR count). The SMILES string of the molecule is CCn1c(SCC(=O)Nc2ccccc2C(C)C)nnc1[C@@H](NC(=O)c1ccc(Cl)cc1Cl)C(C)C. The molecule has 0 saturated carbocycles. The summed E-state index contributed by atoms with van der Waals surface area (Å²) in [6.07, 6.45) is 0. The van der Waals surface area contributed by atoms with Crippen LogP contribution in [0.3, 0.4) is 0 Å². The van der Waals surface area contributed by atoms with Crippen LogP contribution >= 0.6 is 35.0 Å². The molecule has 2 N–H and O–H groups in total. The van der Waals surface area contributed by atoms with Gasteiger partial charge in [0.25, 0.3) is 5.91 Å². The minimum atomic E-state index is -0.405. The minimum Gasteiger partial charge on any atom is -0.342 e. The third-order valence-electron chi connectivity index (χ3n) is 5.66. The quantitative estimate of drug-likeness (QED) is 0.279. The molecule has 0 unspecified atom stereocenters. The van der Waals surface area contributed by atoms with Crippen molar-refractivity contribution in [1.29, 1.82) is 0 Å².